The van der Waals surface area contributed by atoms with E-state index in [1.54, 1.807) is 0 Å². The minimum absolute atomic E-state index is 0.166. The maximum Gasteiger partial charge on any atom is 0.390 e. The molecule has 0 saturated carbocycles. The van der Waals surface area contributed by atoms with Gasteiger partial charge in [0.05, 0.1) is 11.3 Å². The molecule has 0 radical (unpaired) electrons. The average Bonchev–Trinajstić information content (AvgIpc) is 2.47. The van der Waals surface area contributed by atoms with Crippen LogP contribution in [0.3, 0.4) is 0 Å². The van der Waals surface area contributed by atoms with E-state index in [-0.39, 0.29) is 9.88 Å². The highest BCUT2D eigenvalue weighted by Crippen LogP contribution is 2.33. The number of alkyl halides is 3. The SMILES string of the molecule is N[C@@H](CC(F)(F)F)c1ccc([N+](=O)[O-])s1. The number of nitro groups is 1. The molecular weight excluding hydrogens is 233 g/mol. The van der Waals surface area contributed by atoms with Crippen LogP contribution >= 0.6 is 11.3 Å². The molecule has 8 heteroatoms. The van der Waals surface area contributed by atoms with E-state index in [0.717, 1.165) is 6.07 Å². The Balaban J connectivity index is 2.74. The van der Waals surface area contributed by atoms with Crippen molar-refractivity contribution in [3.63, 3.8) is 0 Å². The summed E-state index contributed by atoms with van der Waals surface area (Å²) < 4.78 is 35.8. The summed E-state index contributed by atoms with van der Waals surface area (Å²) in [7, 11) is 0. The first kappa shape index (κ1) is 11.9. The Hall–Kier alpha value is -1.15. The van der Waals surface area contributed by atoms with Gasteiger partial charge in [0.25, 0.3) is 0 Å². The number of nitrogens with two attached hydrogens (primary N) is 1. The van der Waals surface area contributed by atoms with Crippen molar-refractivity contribution in [1.82, 2.24) is 0 Å². The molecule has 0 spiro atoms. The van der Waals surface area contributed by atoms with Crippen LogP contribution in [-0.2, 0) is 0 Å². The Morgan fingerprint density at radius 3 is 2.53 bits per heavy atom. The zero-order valence-electron chi connectivity index (χ0n) is 7.32. The summed E-state index contributed by atoms with van der Waals surface area (Å²) in [4.78, 5) is 9.78. The van der Waals surface area contributed by atoms with Crippen LogP contribution in [-0.4, -0.2) is 11.1 Å². The summed E-state index contributed by atoms with van der Waals surface area (Å²) in [6.45, 7) is 0. The molecule has 0 unspecified atom stereocenters. The van der Waals surface area contributed by atoms with E-state index in [1.807, 2.05) is 0 Å². The summed E-state index contributed by atoms with van der Waals surface area (Å²) >= 11 is 0.666. The van der Waals surface area contributed by atoms with Gasteiger partial charge in [-0.3, -0.25) is 10.1 Å². The van der Waals surface area contributed by atoms with Crippen molar-refractivity contribution in [2.75, 3.05) is 0 Å². The number of nitrogens with zero attached hydrogens (tertiary/aromatic N) is 1. The quantitative estimate of drug-likeness (QED) is 0.652. The molecule has 1 heterocycles. The van der Waals surface area contributed by atoms with Crippen molar-refractivity contribution >= 4 is 16.3 Å². The summed E-state index contributed by atoms with van der Waals surface area (Å²) in [6, 6.07) is 1.17. The van der Waals surface area contributed by atoms with Crippen molar-refractivity contribution in [2.24, 2.45) is 5.73 Å². The third-order valence-electron chi connectivity index (χ3n) is 1.61. The number of hydrogen-bond acceptors (Lipinski definition) is 4. The third-order valence-corrected chi connectivity index (χ3v) is 2.78. The molecule has 0 aliphatic rings. The average molecular weight is 240 g/mol. The molecule has 84 valence electrons. The predicted octanol–water partition coefficient (Wildman–Crippen LogP) is 2.61. The second kappa shape index (κ2) is 4.15. The Bertz CT molecular complexity index is 363. The molecule has 0 aromatic carbocycles. The Morgan fingerprint density at radius 1 is 1.53 bits per heavy atom. The molecule has 1 atom stereocenters. The van der Waals surface area contributed by atoms with Crippen LogP contribution in [0.4, 0.5) is 18.2 Å². The van der Waals surface area contributed by atoms with E-state index in [1.165, 1.54) is 6.07 Å². The first-order chi connectivity index (χ1) is 6.79. The van der Waals surface area contributed by atoms with Crippen molar-refractivity contribution < 1.29 is 18.1 Å². The lowest BCUT2D eigenvalue weighted by atomic mass is 10.2. The van der Waals surface area contributed by atoms with Gasteiger partial charge >= 0.3 is 11.2 Å². The van der Waals surface area contributed by atoms with E-state index in [0.29, 0.717) is 11.3 Å². The van der Waals surface area contributed by atoms with E-state index in [9.17, 15) is 23.3 Å². The van der Waals surface area contributed by atoms with Crippen LogP contribution in [0.25, 0.3) is 0 Å². The molecule has 2 N–H and O–H groups in total. The zero-order chi connectivity index (χ0) is 11.6. The molecule has 1 aromatic heterocycles. The Kier molecular flexibility index (Phi) is 3.30. The van der Waals surface area contributed by atoms with Gasteiger partial charge in [-0.05, 0) is 6.07 Å². The molecular formula is C7H7F3N2O2S. The molecule has 0 saturated heterocycles. The lowest BCUT2D eigenvalue weighted by Gasteiger charge is -2.11. The highest BCUT2D eigenvalue weighted by molar-refractivity contribution is 7.15. The smallest absolute Gasteiger partial charge is 0.323 e. The van der Waals surface area contributed by atoms with E-state index in [4.69, 9.17) is 5.73 Å². The normalized spacial score (nSPS) is 13.9. The number of hydrogen-bond donors (Lipinski definition) is 1. The van der Waals surface area contributed by atoms with Gasteiger partial charge in [-0.2, -0.15) is 13.2 Å². The molecule has 4 nitrogen and oxygen atoms in total. The van der Waals surface area contributed by atoms with Crippen LogP contribution in [0.5, 0.6) is 0 Å². The highest BCUT2D eigenvalue weighted by atomic mass is 32.1. The molecule has 1 aromatic rings. The van der Waals surface area contributed by atoms with E-state index < -0.39 is 23.6 Å². The molecule has 15 heavy (non-hydrogen) atoms. The molecule has 1 rings (SSSR count). The first-order valence-electron chi connectivity index (χ1n) is 3.86. The zero-order valence-corrected chi connectivity index (χ0v) is 8.14. The Morgan fingerprint density at radius 2 is 2.13 bits per heavy atom. The van der Waals surface area contributed by atoms with Gasteiger partial charge < -0.3 is 5.73 Å². The van der Waals surface area contributed by atoms with Crippen LogP contribution in [0.2, 0.25) is 0 Å². The fourth-order valence-corrected chi connectivity index (χ4v) is 1.81. The van der Waals surface area contributed by atoms with Crippen molar-refractivity contribution in [3.05, 3.63) is 27.1 Å². The van der Waals surface area contributed by atoms with E-state index in [2.05, 4.69) is 0 Å². The van der Waals surface area contributed by atoms with Crippen molar-refractivity contribution in [2.45, 2.75) is 18.6 Å². The second-order valence-corrected chi connectivity index (χ2v) is 3.95. The van der Waals surface area contributed by atoms with Crippen LogP contribution in [0, 0.1) is 10.1 Å². The van der Waals surface area contributed by atoms with Gasteiger partial charge in [0, 0.05) is 17.0 Å². The molecule has 0 amide bonds. The lowest BCUT2D eigenvalue weighted by Crippen LogP contribution is -2.19. The Labute approximate surface area is 86.7 Å². The fourth-order valence-electron chi connectivity index (χ4n) is 0.990. The van der Waals surface area contributed by atoms with E-state index >= 15 is 0 Å². The van der Waals surface area contributed by atoms with Gasteiger partial charge in [-0.25, -0.2) is 0 Å². The third kappa shape index (κ3) is 3.48. The predicted molar refractivity (Wildman–Crippen MR) is 48.6 cm³/mol. The van der Waals surface area contributed by atoms with Crippen molar-refractivity contribution in [3.8, 4) is 0 Å². The van der Waals surface area contributed by atoms with Gasteiger partial charge in [0.15, 0.2) is 0 Å². The van der Waals surface area contributed by atoms with Gasteiger partial charge in [-0.15, -0.1) is 0 Å². The standard InChI is InChI=1S/C7H7F3N2O2S/c8-7(9,10)3-4(11)5-1-2-6(15-5)12(13)14/h1-2,4H,3,11H2/t4-/m0/s1. The summed E-state index contributed by atoms with van der Waals surface area (Å²) in [5, 5.41) is 10.1. The fraction of sp³-hybridized carbons (Fsp3) is 0.429. The summed E-state index contributed by atoms with van der Waals surface area (Å²) in [5.41, 5.74) is 5.26. The number of thiophene rings is 1. The maximum absolute atomic E-state index is 11.9. The minimum Gasteiger partial charge on any atom is -0.323 e. The maximum atomic E-state index is 11.9. The highest BCUT2D eigenvalue weighted by Gasteiger charge is 2.32. The molecule has 0 aliphatic heterocycles. The van der Waals surface area contributed by atoms with Gasteiger partial charge in [0.2, 0.25) is 0 Å². The lowest BCUT2D eigenvalue weighted by molar-refractivity contribution is -0.380. The van der Waals surface area contributed by atoms with Crippen molar-refractivity contribution in [1.29, 1.82) is 0 Å². The number of halogens is 3. The topological polar surface area (TPSA) is 69.2 Å². The molecule has 0 fully saturated rings. The van der Waals surface area contributed by atoms with Crippen LogP contribution in [0.1, 0.15) is 17.3 Å². The van der Waals surface area contributed by atoms with Crippen LogP contribution in [0.15, 0.2) is 12.1 Å². The van der Waals surface area contributed by atoms with Gasteiger partial charge in [-0.1, -0.05) is 11.3 Å². The molecule has 0 aliphatic carbocycles. The number of rotatable bonds is 3. The first-order valence-corrected chi connectivity index (χ1v) is 4.67. The second-order valence-electron chi connectivity index (χ2n) is 2.86. The summed E-state index contributed by atoms with van der Waals surface area (Å²) in [5.74, 6) is 0. The minimum atomic E-state index is -4.36. The largest absolute Gasteiger partial charge is 0.390 e. The molecule has 0 bridgehead atoms. The van der Waals surface area contributed by atoms with Crippen LogP contribution < -0.4 is 5.73 Å². The monoisotopic (exact) mass is 240 g/mol. The summed E-state index contributed by atoms with van der Waals surface area (Å²) in [6.07, 6.45) is -5.54. The van der Waals surface area contributed by atoms with Gasteiger partial charge in [0.1, 0.15) is 0 Å².